The van der Waals surface area contributed by atoms with E-state index >= 15 is 0 Å². The van der Waals surface area contributed by atoms with Crippen LogP contribution in [-0.2, 0) is 12.8 Å². The van der Waals surface area contributed by atoms with Crippen molar-refractivity contribution in [3.05, 3.63) is 41.6 Å². The van der Waals surface area contributed by atoms with Crippen molar-refractivity contribution in [1.82, 2.24) is 15.5 Å². The van der Waals surface area contributed by atoms with Crippen LogP contribution in [0.2, 0.25) is 0 Å². The molecule has 5 heteroatoms. The molecule has 1 heterocycles. The van der Waals surface area contributed by atoms with Crippen molar-refractivity contribution in [3.8, 4) is 5.75 Å². The summed E-state index contributed by atoms with van der Waals surface area (Å²) >= 11 is 0. The smallest absolute Gasteiger partial charge is 0.219 e. The molecule has 0 spiro atoms. The van der Waals surface area contributed by atoms with E-state index in [0.29, 0.717) is 24.8 Å². The molecule has 0 fully saturated rings. The highest BCUT2D eigenvalue weighted by molar-refractivity contribution is 5.27. The molecule has 0 amide bonds. The van der Waals surface area contributed by atoms with Crippen molar-refractivity contribution < 1.29 is 9.15 Å². The summed E-state index contributed by atoms with van der Waals surface area (Å²) in [4.78, 5) is 0. The van der Waals surface area contributed by atoms with Crippen molar-refractivity contribution >= 4 is 0 Å². The zero-order chi connectivity index (χ0) is 14.9. The normalized spacial score (nSPS) is 10.8. The summed E-state index contributed by atoms with van der Waals surface area (Å²) in [6, 6.07) is 7.99. The number of aryl methyl sites for hydroxylation is 1. The Kier molecular flexibility index (Phi) is 6.22. The summed E-state index contributed by atoms with van der Waals surface area (Å²) in [6.45, 7) is 6.62. The lowest BCUT2D eigenvalue weighted by molar-refractivity contribution is 0.303. The van der Waals surface area contributed by atoms with Crippen molar-refractivity contribution in [3.63, 3.8) is 0 Å². The number of hydrogen-bond donors (Lipinski definition) is 1. The van der Waals surface area contributed by atoms with Crippen LogP contribution in [0, 0.1) is 6.92 Å². The number of nitrogens with zero attached hydrogens (tertiary/aromatic N) is 2. The van der Waals surface area contributed by atoms with Crippen LogP contribution in [0.3, 0.4) is 0 Å². The van der Waals surface area contributed by atoms with Gasteiger partial charge in [0.15, 0.2) is 0 Å². The molecule has 0 aliphatic rings. The van der Waals surface area contributed by atoms with Crippen molar-refractivity contribution in [1.29, 1.82) is 0 Å². The first-order valence-electron chi connectivity index (χ1n) is 7.49. The Labute approximate surface area is 125 Å². The predicted molar refractivity (Wildman–Crippen MR) is 81.5 cm³/mol. The topological polar surface area (TPSA) is 60.2 Å². The van der Waals surface area contributed by atoms with E-state index < -0.39 is 0 Å². The lowest BCUT2D eigenvalue weighted by atomic mass is 10.2. The van der Waals surface area contributed by atoms with E-state index in [4.69, 9.17) is 9.15 Å². The summed E-state index contributed by atoms with van der Waals surface area (Å²) in [5, 5.41) is 11.4. The van der Waals surface area contributed by atoms with Gasteiger partial charge in [0.2, 0.25) is 11.8 Å². The third-order valence-corrected chi connectivity index (χ3v) is 3.03. The van der Waals surface area contributed by atoms with Crippen LogP contribution in [0.25, 0.3) is 0 Å². The minimum Gasteiger partial charge on any atom is -0.493 e. The highest BCUT2D eigenvalue weighted by Gasteiger charge is 2.06. The van der Waals surface area contributed by atoms with Crippen LogP contribution < -0.4 is 10.1 Å². The molecule has 0 radical (unpaired) electrons. The molecule has 1 N–H and O–H groups in total. The molecule has 0 aliphatic heterocycles. The quantitative estimate of drug-likeness (QED) is 0.719. The Bertz CT molecular complexity index is 540. The second kappa shape index (κ2) is 8.42. The minimum atomic E-state index is 0.541. The average molecular weight is 289 g/mol. The Morgan fingerprint density at radius 1 is 1.14 bits per heavy atom. The van der Waals surface area contributed by atoms with Gasteiger partial charge in [0.25, 0.3) is 0 Å². The van der Waals surface area contributed by atoms with Crippen LogP contribution in [-0.4, -0.2) is 29.9 Å². The summed E-state index contributed by atoms with van der Waals surface area (Å²) < 4.78 is 11.3. The lowest BCUT2D eigenvalue weighted by Gasteiger charge is -2.04. The van der Waals surface area contributed by atoms with Gasteiger partial charge in [0, 0.05) is 13.0 Å². The van der Waals surface area contributed by atoms with Crippen LogP contribution in [0.1, 0.15) is 30.7 Å². The molecule has 2 rings (SSSR count). The maximum absolute atomic E-state index is 5.67. The van der Waals surface area contributed by atoms with Crippen molar-refractivity contribution in [2.45, 2.75) is 33.1 Å². The van der Waals surface area contributed by atoms with E-state index in [2.05, 4.69) is 22.4 Å². The van der Waals surface area contributed by atoms with Crippen LogP contribution in [0.5, 0.6) is 5.75 Å². The fraction of sp³-hybridized carbons (Fsp3) is 0.500. The van der Waals surface area contributed by atoms with Gasteiger partial charge in [-0.3, -0.25) is 0 Å². The predicted octanol–water partition coefficient (Wildman–Crippen LogP) is 2.54. The maximum Gasteiger partial charge on any atom is 0.219 e. The number of aromatic nitrogens is 2. The number of nitrogens with one attached hydrogen (secondary N) is 1. The van der Waals surface area contributed by atoms with Crippen molar-refractivity contribution in [2.24, 2.45) is 0 Å². The Morgan fingerprint density at radius 3 is 2.71 bits per heavy atom. The van der Waals surface area contributed by atoms with E-state index in [0.717, 1.165) is 31.7 Å². The van der Waals surface area contributed by atoms with Gasteiger partial charge in [-0.25, -0.2) is 0 Å². The van der Waals surface area contributed by atoms with E-state index in [-0.39, 0.29) is 0 Å². The summed E-state index contributed by atoms with van der Waals surface area (Å²) in [5.74, 6) is 2.19. The van der Waals surface area contributed by atoms with E-state index in [1.807, 2.05) is 31.2 Å². The van der Waals surface area contributed by atoms with Gasteiger partial charge in [-0.15, -0.1) is 10.2 Å². The zero-order valence-electron chi connectivity index (χ0n) is 12.8. The van der Waals surface area contributed by atoms with Gasteiger partial charge in [0.1, 0.15) is 5.75 Å². The standard InChI is InChI=1S/C16H23N3O2/c1-3-9-17-10-7-15-18-19-16(21-15)8-11-20-14-6-4-5-13(2)12-14/h4-6,12,17H,3,7-11H2,1-2H3. The molecule has 21 heavy (non-hydrogen) atoms. The van der Waals surface area contributed by atoms with Crippen molar-refractivity contribution in [2.75, 3.05) is 19.7 Å². The van der Waals surface area contributed by atoms with Gasteiger partial charge in [0.05, 0.1) is 13.0 Å². The summed E-state index contributed by atoms with van der Waals surface area (Å²) in [6.07, 6.45) is 2.53. The third kappa shape index (κ3) is 5.55. The molecule has 0 saturated heterocycles. The number of hydrogen-bond acceptors (Lipinski definition) is 5. The number of ether oxygens (including phenoxy) is 1. The molecule has 0 saturated carbocycles. The lowest BCUT2D eigenvalue weighted by Crippen LogP contribution is -2.17. The van der Waals surface area contributed by atoms with Gasteiger partial charge in [-0.05, 0) is 37.6 Å². The average Bonchev–Trinajstić information content (AvgIpc) is 2.92. The molecule has 1 aromatic heterocycles. The highest BCUT2D eigenvalue weighted by Crippen LogP contribution is 2.12. The van der Waals surface area contributed by atoms with E-state index in [1.165, 1.54) is 5.56 Å². The van der Waals surface area contributed by atoms with Crippen LogP contribution in [0.15, 0.2) is 28.7 Å². The second-order valence-corrected chi connectivity index (χ2v) is 5.00. The molecule has 0 atom stereocenters. The fourth-order valence-corrected chi connectivity index (χ4v) is 1.95. The first kappa shape index (κ1) is 15.5. The van der Waals surface area contributed by atoms with Gasteiger partial charge in [-0.1, -0.05) is 19.1 Å². The molecular weight excluding hydrogens is 266 g/mol. The molecular formula is C16H23N3O2. The van der Waals surface area contributed by atoms with Gasteiger partial charge < -0.3 is 14.5 Å². The zero-order valence-corrected chi connectivity index (χ0v) is 12.8. The molecule has 0 unspecified atom stereocenters. The fourth-order valence-electron chi connectivity index (χ4n) is 1.95. The highest BCUT2D eigenvalue weighted by atomic mass is 16.5. The number of rotatable bonds is 9. The molecule has 5 nitrogen and oxygen atoms in total. The SMILES string of the molecule is CCCNCCc1nnc(CCOc2cccc(C)c2)o1. The molecule has 114 valence electrons. The van der Waals surface area contributed by atoms with Crippen LogP contribution in [0.4, 0.5) is 0 Å². The third-order valence-electron chi connectivity index (χ3n) is 3.03. The molecule has 0 bridgehead atoms. The molecule has 1 aromatic carbocycles. The Balaban J connectivity index is 1.70. The molecule has 0 aliphatic carbocycles. The summed E-state index contributed by atoms with van der Waals surface area (Å²) in [7, 11) is 0. The monoisotopic (exact) mass is 289 g/mol. The Hall–Kier alpha value is -1.88. The van der Waals surface area contributed by atoms with Gasteiger partial charge in [-0.2, -0.15) is 0 Å². The number of benzene rings is 1. The first-order chi connectivity index (χ1) is 10.3. The molecule has 2 aromatic rings. The summed E-state index contributed by atoms with van der Waals surface area (Å²) in [5.41, 5.74) is 1.19. The van der Waals surface area contributed by atoms with E-state index in [9.17, 15) is 0 Å². The van der Waals surface area contributed by atoms with E-state index in [1.54, 1.807) is 0 Å². The Morgan fingerprint density at radius 2 is 1.95 bits per heavy atom. The largest absolute Gasteiger partial charge is 0.493 e. The second-order valence-electron chi connectivity index (χ2n) is 5.00. The maximum atomic E-state index is 5.67. The van der Waals surface area contributed by atoms with Gasteiger partial charge >= 0.3 is 0 Å². The minimum absolute atomic E-state index is 0.541. The first-order valence-corrected chi connectivity index (χ1v) is 7.49. The van der Waals surface area contributed by atoms with Crippen LogP contribution >= 0.6 is 0 Å².